The number of ether oxygens (including phenoxy) is 1. The zero-order valence-electron chi connectivity index (χ0n) is 7.15. The topological polar surface area (TPSA) is 76.2 Å². The first-order chi connectivity index (χ1) is 6.60. The summed E-state index contributed by atoms with van der Waals surface area (Å²) in [6.45, 7) is 0. The number of nitrogens with zero attached hydrogens (tertiary/aromatic N) is 2. The largest absolute Gasteiger partial charge is 0.490 e. The summed E-state index contributed by atoms with van der Waals surface area (Å²) in [5.41, 5.74) is -0.00949. The molecule has 14 heavy (non-hydrogen) atoms. The van der Waals surface area contributed by atoms with Crippen molar-refractivity contribution in [2.24, 2.45) is 0 Å². The molecule has 0 amide bonds. The molecule has 0 atom stereocenters. The monoisotopic (exact) mass is 256 g/mol. The molecule has 1 aromatic rings. The van der Waals surface area contributed by atoms with Gasteiger partial charge in [0, 0.05) is 16.6 Å². The molecule has 0 bridgehead atoms. The zero-order chi connectivity index (χ0) is 10.7. The van der Waals surface area contributed by atoms with Gasteiger partial charge in [-0.05, 0) is 15.9 Å². The predicted octanol–water partition coefficient (Wildman–Crippen LogP) is 2.24. The summed E-state index contributed by atoms with van der Waals surface area (Å²) in [6.07, 6.45) is 0. The number of hydrogen-bond donors (Lipinski definition) is 0. The lowest BCUT2D eigenvalue weighted by Gasteiger charge is -2.02. The molecule has 0 N–H and O–H groups in total. The molecule has 0 fully saturated rings. The Balaban J connectivity index is 3.42. The number of nitriles is 1. The summed E-state index contributed by atoms with van der Waals surface area (Å²) in [6, 6.07) is 4.40. The van der Waals surface area contributed by atoms with Crippen molar-refractivity contribution >= 4 is 21.6 Å². The van der Waals surface area contributed by atoms with E-state index in [4.69, 9.17) is 10.00 Å². The van der Waals surface area contributed by atoms with E-state index < -0.39 is 4.92 Å². The van der Waals surface area contributed by atoms with Crippen LogP contribution in [0.15, 0.2) is 16.6 Å². The van der Waals surface area contributed by atoms with Gasteiger partial charge in [-0.1, -0.05) is 0 Å². The van der Waals surface area contributed by atoms with Gasteiger partial charge < -0.3 is 4.74 Å². The summed E-state index contributed by atoms with van der Waals surface area (Å²) in [4.78, 5) is 9.97. The van der Waals surface area contributed by atoms with Crippen molar-refractivity contribution < 1.29 is 9.66 Å². The van der Waals surface area contributed by atoms with Gasteiger partial charge in [0.1, 0.15) is 6.07 Å². The summed E-state index contributed by atoms with van der Waals surface area (Å²) < 4.78 is 5.28. The average Bonchev–Trinajstić information content (AvgIpc) is 2.16. The fourth-order valence-electron chi connectivity index (χ4n) is 0.935. The Hall–Kier alpha value is -1.61. The first-order valence-corrected chi connectivity index (χ1v) is 4.31. The Kier molecular flexibility index (Phi) is 3.04. The number of benzene rings is 1. The van der Waals surface area contributed by atoms with Gasteiger partial charge in [0.05, 0.1) is 17.6 Å². The molecular weight excluding hydrogens is 252 g/mol. The lowest BCUT2D eigenvalue weighted by atomic mass is 10.2. The molecule has 1 rings (SSSR count). The normalized spacial score (nSPS) is 9.21. The maximum Gasteiger partial charge on any atom is 0.312 e. The maximum atomic E-state index is 10.6. The Morgan fingerprint density at radius 3 is 2.71 bits per heavy atom. The highest BCUT2D eigenvalue weighted by atomic mass is 79.9. The molecule has 0 radical (unpaired) electrons. The summed E-state index contributed by atoms with van der Waals surface area (Å²) in [5, 5.41) is 19.2. The van der Waals surface area contributed by atoms with Crippen LogP contribution in [0.4, 0.5) is 5.69 Å². The molecule has 6 heteroatoms. The molecular formula is C8H5BrN2O3. The van der Waals surface area contributed by atoms with E-state index in [1.165, 1.54) is 19.2 Å². The summed E-state index contributed by atoms with van der Waals surface area (Å²) in [5.74, 6) is 0.126. The third-order valence-corrected chi connectivity index (χ3v) is 2.24. The van der Waals surface area contributed by atoms with Gasteiger partial charge >= 0.3 is 5.69 Å². The van der Waals surface area contributed by atoms with Crippen LogP contribution >= 0.6 is 15.9 Å². The highest BCUT2D eigenvalue weighted by Crippen LogP contribution is 2.32. The van der Waals surface area contributed by atoms with Crippen LogP contribution in [0.25, 0.3) is 0 Å². The van der Waals surface area contributed by atoms with Crippen molar-refractivity contribution in [1.82, 2.24) is 0 Å². The third-order valence-electron chi connectivity index (χ3n) is 1.59. The van der Waals surface area contributed by atoms with Crippen molar-refractivity contribution in [2.45, 2.75) is 0 Å². The van der Waals surface area contributed by atoms with E-state index in [0.717, 1.165) is 0 Å². The Labute approximate surface area is 88.2 Å². The van der Waals surface area contributed by atoms with Gasteiger partial charge in [0.25, 0.3) is 0 Å². The Morgan fingerprint density at radius 1 is 1.64 bits per heavy atom. The van der Waals surface area contributed by atoms with Crippen LogP contribution in [-0.2, 0) is 0 Å². The minimum atomic E-state index is -0.591. The molecule has 5 nitrogen and oxygen atoms in total. The molecule has 0 saturated carbocycles. The van der Waals surface area contributed by atoms with E-state index in [-0.39, 0.29) is 17.0 Å². The van der Waals surface area contributed by atoms with Gasteiger partial charge in [0.15, 0.2) is 5.75 Å². The van der Waals surface area contributed by atoms with Crippen LogP contribution in [0.1, 0.15) is 5.56 Å². The summed E-state index contributed by atoms with van der Waals surface area (Å²) >= 11 is 3.11. The predicted molar refractivity (Wildman–Crippen MR) is 52.1 cm³/mol. The quantitative estimate of drug-likeness (QED) is 0.601. The van der Waals surface area contributed by atoms with Crippen LogP contribution in [0, 0.1) is 21.4 Å². The van der Waals surface area contributed by atoms with Crippen molar-refractivity contribution in [3.63, 3.8) is 0 Å². The second-order valence-corrected chi connectivity index (χ2v) is 3.23. The number of nitro groups is 1. The summed E-state index contributed by atoms with van der Waals surface area (Å²) in [7, 11) is 1.33. The van der Waals surface area contributed by atoms with Crippen LogP contribution in [0.3, 0.4) is 0 Å². The molecule has 0 saturated heterocycles. The fraction of sp³-hybridized carbons (Fsp3) is 0.125. The smallest absolute Gasteiger partial charge is 0.312 e. The third kappa shape index (κ3) is 1.83. The van der Waals surface area contributed by atoms with Gasteiger partial charge in [-0.15, -0.1) is 0 Å². The van der Waals surface area contributed by atoms with Crippen molar-refractivity contribution in [1.29, 1.82) is 5.26 Å². The van der Waals surface area contributed by atoms with Gasteiger partial charge in [-0.2, -0.15) is 5.26 Å². The lowest BCUT2D eigenvalue weighted by molar-refractivity contribution is -0.385. The highest BCUT2D eigenvalue weighted by Gasteiger charge is 2.17. The first-order valence-electron chi connectivity index (χ1n) is 3.52. The molecule has 0 aromatic heterocycles. The van der Waals surface area contributed by atoms with Crippen LogP contribution < -0.4 is 4.74 Å². The minimum absolute atomic E-state index is 0.126. The minimum Gasteiger partial charge on any atom is -0.490 e. The second-order valence-electron chi connectivity index (χ2n) is 2.37. The van der Waals surface area contributed by atoms with Crippen molar-refractivity contribution in [2.75, 3.05) is 7.11 Å². The van der Waals surface area contributed by atoms with E-state index in [1.807, 2.05) is 6.07 Å². The van der Waals surface area contributed by atoms with Crippen LogP contribution in [-0.4, -0.2) is 12.0 Å². The van der Waals surface area contributed by atoms with Gasteiger partial charge in [-0.25, -0.2) is 0 Å². The van der Waals surface area contributed by atoms with Gasteiger partial charge in [-0.3, -0.25) is 10.1 Å². The van der Waals surface area contributed by atoms with E-state index in [1.54, 1.807) is 0 Å². The standard InChI is InChI=1S/C8H5BrN2O3/c1-14-8-3-6(9)5(4-10)2-7(8)11(12)13/h2-3H,1H3. The average molecular weight is 257 g/mol. The molecule has 0 aliphatic rings. The van der Waals surface area contributed by atoms with Crippen LogP contribution in [0.2, 0.25) is 0 Å². The van der Waals surface area contributed by atoms with Crippen molar-refractivity contribution in [3.8, 4) is 11.8 Å². The Bertz CT molecular complexity index is 425. The number of hydrogen-bond acceptors (Lipinski definition) is 4. The Morgan fingerprint density at radius 2 is 2.29 bits per heavy atom. The SMILES string of the molecule is COc1cc(Br)c(C#N)cc1[N+](=O)[O-]. The second kappa shape index (κ2) is 4.07. The van der Waals surface area contributed by atoms with E-state index in [0.29, 0.717) is 4.47 Å². The molecule has 72 valence electrons. The molecule has 0 spiro atoms. The number of methoxy groups -OCH3 is 1. The molecule has 0 aliphatic heterocycles. The van der Waals surface area contributed by atoms with Crippen molar-refractivity contribution in [3.05, 3.63) is 32.3 Å². The maximum absolute atomic E-state index is 10.6. The number of rotatable bonds is 2. The van der Waals surface area contributed by atoms with Gasteiger partial charge in [0.2, 0.25) is 0 Å². The molecule has 0 heterocycles. The number of nitro benzene ring substituents is 1. The number of halogens is 1. The fourth-order valence-corrected chi connectivity index (χ4v) is 1.35. The van der Waals surface area contributed by atoms with E-state index in [9.17, 15) is 10.1 Å². The van der Waals surface area contributed by atoms with E-state index >= 15 is 0 Å². The zero-order valence-corrected chi connectivity index (χ0v) is 8.74. The molecule has 0 unspecified atom stereocenters. The highest BCUT2D eigenvalue weighted by molar-refractivity contribution is 9.10. The van der Waals surface area contributed by atoms with E-state index in [2.05, 4.69) is 15.9 Å². The lowest BCUT2D eigenvalue weighted by Crippen LogP contribution is -1.95. The van der Waals surface area contributed by atoms with Crippen LogP contribution in [0.5, 0.6) is 5.75 Å². The molecule has 0 aliphatic carbocycles. The molecule has 1 aromatic carbocycles. The first kappa shape index (κ1) is 10.5.